The van der Waals surface area contributed by atoms with Crippen molar-refractivity contribution in [2.24, 2.45) is 5.92 Å². The van der Waals surface area contributed by atoms with Crippen LogP contribution in [0.4, 0.5) is 0 Å². The number of phenolic OH excluding ortho intramolecular Hbond substituents is 1. The Morgan fingerprint density at radius 3 is 2.25 bits per heavy atom. The number of phenols is 1. The predicted octanol–water partition coefficient (Wildman–Crippen LogP) is 4.79. The van der Waals surface area contributed by atoms with E-state index in [0.717, 1.165) is 21.5 Å². The smallest absolute Gasteiger partial charge is 0.122 e. The van der Waals surface area contributed by atoms with E-state index >= 15 is 0 Å². The van der Waals surface area contributed by atoms with Gasteiger partial charge in [0.05, 0.1) is 0 Å². The third kappa shape index (κ3) is 2.27. The van der Waals surface area contributed by atoms with Crippen molar-refractivity contribution in [3.63, 3.8) is 0 Å². The number of hydrogen-bond acceptors (Lipinski definition) is 1. The molecule has 1 aromatic rings. The Balaban J connectivity index is 2.43. The first-order valence-electron chi connectivity index (χ1n) is 6.03. The molecule has 1 N–H and O–H groups in total. The summed E-state index contributed by atoms with van der Waals surface area (Å²) in [6, 6.07) is 4.10. The van der Waals surface area contributed by atoms with Crippen LogP contribution in [0.15, 0.2) is 16.6 Å². The van der Waals surface area contributed by atoms with Crippen LogP contribution in [-0.4, -0.2) is 5.11 Å². The molecule has 1 atom stereocenters. The Kier molecular flexibility index (Phi) is 3.29. The van der Waals surface area contributed by atoms with Crippen molar-refractivity contribution in [3.05, 3.63) is 27.7 Å². The van der Waals surface area contributed by atoms with Crippen molar-refractivity contribution in [1.29, 1.82) is 0 Å². The van der Waals surface area contributed by atoms with E-state index in [1.165, 1.54) is 12.8 Å². The van der Waals surface area contributed by atoms with E-state index in [2.05, 4.69) is 42.8 Å². The van der Waals surface area contributed by atoms with Gasteiger partial charge in [0.1, 0.15) is 5.75 Å². The first kappa shape index (κ1) is 12.0. The normalized spacial score (nSPS) is 17.8. The van der Waals surface area contributed by atoms with Crippen molar-refractivity contribution < 1.29 is 5.11 Å². The molecule has 88 valence electrons. The van der Waals surface area contributed by atoms with Crippen LogP contribution in [0.3, 0.4) is 0 Å². The highest BCUT2D eigenvalue weighted by Gasteiger charge is 2.31. The molecule has 1 saturated carbocycles. The SMILES string of the molecule is CC(C)c1cc(Br)cc(C(C)C2CC2)c1O. The molecule has 2 heteroatoms. The molecule has 1 fully saturated rings. The van der Waals surface area contributed by atoms with E-state index in [4.69, 9.17) is 0 Å². The Hall–Kier alpha value is -0.500. The van der Waals surface area contributed by atoms with Crippen LogP contribution in [-0.2, 0) is 0 Å². The average Bonchev–Trinajstić information content (AvgIpc) is 3.03. The summed E-state index contributed by atoms with van der Waals surface area (Å²) >= 11 is 3.54. The van der Waals surface area contributed by atoms with Gasteiger partial charge in [0.2, 0.25) is 0 Å². The topological polar surface area (TPSA) is 20.2 Å². The summed E-state index contributed by atoms with van der Waals surface area (Å²) in [6.45, 7) is 6.46. The predicted molar refractivity (Wildman–Crippen MR) is 71.0 cm³/mol. The Morgan fingerprint density at radius 1 is 1.19 bits per heavy atom. The highest BCUT2D eigenvalue weighted by molar-refractivity contribution is 9.10. The van der Waals surface area contributed by atoms with Crippen molar-refractivity contribution in [3.8, 4) is 5.75 Å². The minimum atomic E-state index is 0.364. The molecule has 1 unspecified atom stereocenters. The fourth-order valence-electron chi connectivity index (χ4n) is 2.28. The molecule has 16 heavy (non-hydrogen) atoms. The second-order valence-corrected chi connectivity index (χ2v) is 6.13. The van der Waals surface area contributed by atoms with Gasteiger partial charge in [-0.15, -0.1) is 0 Å². The van der Waals surface area contributed by atoms with E-state index in [9.17, 15) is 5.11 Å². The van der Waals surface area contributed by atoms with Gasteiger partial charge in [0.15, 0.2) is 0 Å². The fraction of sp³-hybridized carbons (Fsp3) is 0.571. The summed E-state index contributed by atoms with van der Waals surface area (Å²) in [6.07, 6.45) is 2.62. The van der Waals surface area contributed by atoms with Gasteiger partial charge < -0.3 is 5.11 Å². The van der Waals surface area contributed by atoms with E-state index in [1.54, 1.807) is 0 Å². The summed E-state index contributed by atoms with van der Waals surface area (Å²) in [4.78, 5) is 0. The van der Waals surface area contributed by atoms with Crippen LogP contribution in [0.5, 0.6) is 5.75 Å². The summed E-state index contributed by atoms with van der Waals surface area (Å²) in [5.41, 5.74) is 2.16. The number of hydrogen-bond donors (Lipinski definition) is 1. The van der Waals surface area contributed by atoms with Crippen molar-refractivity contribution in [2.45, 2.75) is 45.4 Å². The van der Waals surface area contributed by atoms with Gasteiger partial charge in [-0.05, 0) is 53.9 Å². The summed E-state index contributed by atoms with van der Waals surface area (Å²) < 4.78 is 1.08. The Labute approximate surface area is 106 Å². The van der Waals surface area contributed by atoms with Crippen LogP contribution >= 0.6 is 15.9 Å². The second-order valence-electron chi connectivity index (χ2n) is 5.21. The zero-order chi connectivity index (χ0) is 11.9. The zero-order valence-corrected chi connectivity index (χ0v) is 11.7. The van der Waals surface area contributed by atoms with Crippen LogP contribution in [0, 0.1) is 5.92 Å². The van der Waals surface area contributed by atoms with Gasteiger partial charge >= 0.3 is 0 Å². The highest BCUT2D eigenvalue weighted by Crippen LogP contribution is 2.46. The molecule has 0 bridgehead atoms. The van der Waals surface area contributed by atoms with Gasteiger partial charge in [-0.2, -0.15) is 0 Å². The lowest BCUT2D eigenvalue weighted by molar-refractivity contribution is 0.448. The van der Waals surface area contributed by atoms with Crippen molar-refractivity contribution >= 4 is 15.9 Å². The third-order valence-corrected chi connectivity index (χ3v) is 4.03. The molecule has 0 radical (unpaired) electrons. The standard InChI is InChI=1S/C14H19BrO/c1-8(2)12-6-11(15)7-13(14(12)16)9(3)10-4-5-10/h6-10,16H,4-5H2,1-3H3. The van der Waals surface area contributed by atoms with Crippen LogP contribution in [0.25, 0.3) is 0 Å². The molecule has 0 aromatic heterocycles. The maximum atomic E-state index is 10.3. The number of halogens is 1. The maximum Gasteiger partial charge on any atom is 0.122 e. The lowest BCUT2D eigenvalue weighted by atomic mass is 9.90. The van der Waals surface area contributed by atoms with Gasteiger partial charge in [-0.3, -0.25) is 0 Å². The first-order chi connectivity index (χ1) is 7.50. The van der Waals surface area contributed by atoms with Crippen LogP contribution < -0.4 is 0 Å². The van der Waals surface area contributed by atoms with Gasteiger partial charge in [-0.1, -0.05) is 36.7 Å². The number of aromatic hydroxyl groups is 1. The fourth-order valence-corrected chi connectivity index (χ4v) is 2.77. The minimum Gasteiger partial charge on any atom is -0.507 e. The van der Waals surface area contributed by atoms with E-state index in [-0.39, 0.29) is 0 Å². The monoisotopic (exact) mass is 282 g/mol. The Morgan fingerprint density at radius 2 is 1.75 bits per heavy atom. The lowest BCUT2D eigenvalue weighted by Gasteiger charge is -2.18. The van der Waals surface area contributed by atoms with Crippen LogP contribution in [0.2, 0.25) is 0 Å². The molecule has 0 amide bonds. The summed E-state index contributed by atoms with van der Waals surface area (Å²) in [7, 11) is 0. The molecular weight excluding hydrogens is 264 g/mol. The lowest BCUT2D eigenvalue weighted by Crippen LogP contribution is -2.00. The van der Waals surface area contributed by atoms with Gasteiger partial charge in [0, 0.05) is 4.47 Å². The van der Waals surface area contributed by atoms with Gasteiger partial charge in [0.25, 0.3) is 0 Å². The van der Waals surface area contributed by atoms with E-state index in [1.807, 2.05) is 6.07 Å². The van der Waals surface area contributed by atoms with Crippen molar-refractivity contribution in [1.82, 2.24) is 0 Å². The molecule has 2 rings (SSSR count). The minimum absolute atomic E-state index is 0.364. The zero-order valence-electron chi connectivity index (χ0n) is 10.1. The van der Waals surface area contributed by atoms with Crippen molar-refractivity contribution in [2.75, 3.05) is 0 Å². The number of benzene rings is 1. The molecule has 1 aliphatic carbocycles. The summed E-state index contributed by atoms with van der Waals surface area (Å²) in [5.74, 6) is 2.13. The molecule has 0 saturated heterocycles. The largest absolute Gasteiger partial charge is 0.507 e. The Bertz CT molecular complexity index is 394. The quantitative estimate of drug-likeness (QED) is 0.845. The molecule has 1 aromatic carbocycles. The van der Waals surface area contributed by atoms with Gasteiger partial charge in [-0.25, -0.2) is 0 Å². The van der Waals surface area contributed by atoms with Crippen LogP contribution in [0.1, 0.15) is 56.6 Å². The van der Waals surface area contributed by atoms with E-state index in [0.29, 0.717) is 17.6 Å². The molecule has 0 spiro atoms. The first-order valence-corrected chi connectivity index (χ1v) is 6.82. The molecule has 0 heterocycles. The summed E-state index contributed by atoms with van der Waals surface area (Å²) in [5, 5.41) is 10.3. The highest BCUT2D eigenvalue weighted by atomic mass is 79.9. The molecule has 1 aliphatic rings. The molecule has 0 aliphatic heterocycles. The second kappa shape index (κ2) is 4.40. The third-order valence-electron chi connectivity index (χ3n) is 3.58. The molecular formula is C14H19BrO. The average molecular weight is 283 g/mol. The number of rotatable bonds is 3. The maximum absolute atomic E-state index is 10.3. The molecule has 1 nitrogen and oxygen atoms in total. The van der Waals surface area contributed by atoms with E-state index < -0.39 is 0 Å².